The molecular formula is C14H11NO3S. The molecule has 0 aliphatic rings. The summed E-state index contributed by atoms with van der Waals surface area (Å²) in [4.78, 5) is 11.0. The number of hydrogen-bond donors (Lipinski definition) is 1. The first-order chi connectivity index (χ1) is 9.01. The summed E-state index contributed by atoms with van der Waals surface area (Å²) in [5.41, 5.74) is 2.28. The molecule has 0 bridgehead atoms. The van der Waals surface area contributed by atoms with Crippen LogP contribution >= 0.6 is 11.3 Å². The molecule has 0 radical (unpaired) electrons. The van der Waals surface area contributed by atoms with Gasteiger partial charge in [-0.15, -0.1) is 0 Å². The van der Waals surface area contributed by atoms with Crippen LogP contribution in [0.15, 0.2) is 24.3 Å². The minimum atomic E-state index is -0.965. The maximum atomic E-state index is 10.8. The molecule has 1 heterocycles. The van der Waals surface area contributed by atoms with Gasteiger partial charge in [-0.25, -0.2) is 4.79 Å². The molecule has 19 heavy (non-hydrogen) atoms. The summed E-state index contributed by atoms with van der Waals surface area (Å²) in [6.45, 7) is 3.71. The fourth-order valence-electron chi connectivity index (χ4n) is 1.77. The van der Waals surface area contributed by atoms with Gasteiger partial charge in [0.1, 0.15) is 10.6 Å². The SMILES string of the molecule is Cc1cc(C#N)cc(C)c1Oc1ccc(C(=O)O)s1. The minimum Gasteiger partial charge on any atom is -0.477 e. The van der Waals surface area contributed by atoms with E-state index in [1.54, 1.807) is 18.2 Å². The molecule has 0 fully saturated rings. The number of carboxylic acid groups (broad SMARTS) is 1. The lowest BCUT2D eigenvalue weighted by atomic mass is 10.1. The molecule has 0 saturated heterocycles. The van der Waals surface area contributed by atoms with Gasteiger partial charge in [0.15, 0.2) is 5.06 Å². The summed E-state index contributed by atoms with van der Waals surface area (Å²) >= 11 is 1.08. The predicted octanol–water partition coefficient (Wildman–Crippen LogP) is 3.73. The second kappa shape index (κ2) is 5.12. The van der Waals surface area contributed by atoms with E-state index in [9.17, 15) is 4.79 Å². The van der Waals surface area contributed by atoms with Crippen molar-refractivity contribution in [2.75, 3.05) is 0 Å². The second-order valence-electron chi connectivity index (χ2n) is 4.08. The first-order valence-electron chi connectivity index (χ1n) is 5.53. The fraction of sp³-hybridized carbons (Fsp3) is 0.143. The summed E-state index contributed by atoms with van der Waals surface area (Å²) in [6.07, 6.45) is 0. The van der Waals surface area contributed by atoms with E-state index in [-0.39, 0.29) is 4.88 Å². The first kappa shape index (κ1) is 13.1. The minimum absolute atomic E-state index is 0.235. The van der Waals surface area contributed by atoms with Crippen LogP contribution in [0.1, 0.15) is 26.4 Å². The van der Waals surface area contributed by atoms with E-state index >= 15 is 0 Å². The van der Waals surface area contributed by atoms with Gasteiger partial charge in [0.25, 0.3) is 0 Å². The molecule has 0 unspecified atom stereocenters. The van der Waals surface area contributed by atoms with E-state index in [1.807, 2.05) is 13.8 Å². The zero-order valence-electron chi connectivity index (χ0n) is 10.4. The number of aromatic carboxylic acids is 1. The van der Waals surface area contributed by atoms with Gasteiger partial charge in [-0.2, -0.15) is 5.26 Å². The molecule has 1 aromatic carbocycles. The number of benzene rings is 1. The quantitative estimate of drug-likeness (QED) is 0.925. The number of nitrogens with zero attached hydrogens (tertiary/aromatic N) is 1. The first-order valence-corrected chi connectivity index (χ1v) is 6.35. The number of carboxylic acids is 1. The number of aryl methyl sites for hydroxylation is 2. The highest BCUT2D eigenvalue weighted by molar-refractivity contribution is 7.15. The third kappa shape index (κ3) is 2.75. The van der Waals surface area contributed by atoms with Crippen LogP contribution in [0, 0.1) is 25.2 Å². The predicted molar refractivity (Wildman–Crippen MR) is 72.0 cm³/mol. The Morgan fingerprint density at radius 2 is 1.95 bits per heavy atom. The zero-order chi connectivity index (χ0) is 14.0. The zero-order valence-corrected chi connectivity index (χ0v) is 11.2. The second-order valence-corrected chi connectivity index (χ2v) is 5.12. The van der Waals surface area contributed by atoms with Gasteiger partial charge in [0.2, 0.25) is 0 Å². The highest BCUT2D eigenvalue weighted by atomic mass is 32.1. The monoisotopic (exact) mass is 273 g/mol. The van der Waals surface area contributed by atoms with Crippen molar-refractivity contribution in [3.05, 3.63) is 45.8 Å². The number of hydrogen-bond acceptors (Lipinski definition) is 4. The van der Waals surface area contributed by atoms with Crippen LogP contribution in [0.2, 0.25) is 0 Å². The van der Waals surface area contributed by atoms with Crippen molar-refractivity contribution in [2.45, 2.75) is 13.8 Å². The molecule has 0 saturated carbocycles. The van der Waals surface area contributed by atoms with Crippen LogP contribution in [-0.2, 0) is 0 Å². The summed E-state index contributed by atoms with van der Waals surface area (Å²) in [5.74, 6) is -0.300. The normalized spacial score (nSPS) is 9.95. The maximum Gasteiger partial charge on any atom is 0.345 e. The summed E-state index contributed by atoms with van der Waals surface area (Å²) in [7, 11) is 0. The van der Waals surface area contributed by atoms with Gasteiger partial charge in [0.05, 0.1) is 11.6 Å². The van der Waals surface area contributed by atoms with E-state index in [0.29, 0.717) is 16.4 Å². The third-order valence-corrected chi connectivity index (χ3v) is 3.54. The van der Waals surface area contributed by atoms with Gasteiger partial charge in [-0.05, 0) is 49.2 Å². The summed E-state index contributed by atoms with van der Waals surface area (Å²) in [5, 5.41) is 18.3. The van der Waals surface area contributed by atoms with Gasteiger partial charge in [0, 0.05) is 0 Å². The molecule has 0 atom stereocenters. The molecule has 2 aromatic rings. The number of rotatable bonds is 3. The molecule has 1 N–H and O–H groups in total. The Hall–Kier alpha value is -2.32. The third-order valence-electron chi connectivity index (χ3n) is 2.58. The Kier molecular flexibility index (Phi) is 3.54. The molecule has 1 aromatic heterocycles. The van der Waals surface area contributed by atoms with Crippen molar-refractivity contribution in [1.29, 1.82) is 5.26 Å². The van der Waals surface area contributed by atoms with E-state index in [2.05, 4.69) is 6.07 Å². The highest BCUT2D eigenvalue weighted by Gasteiger charge is 2.11. The standard InChI is InChI=1S/C14H11NO3S/c1-8-5-10(7-15)6-9(2)13(8)18-12-4-3-11(19-12)14(16)17/h3-6H,1-2H3,(H,16,17). The molecule has 5 heteroatoms. The average molecular weight is 273 g/mol. The van der Waals surface area contributed by atoms with Gasteiger partial charge < -0.3 is 9.84 Å². The van der Waals surface area contributed by atoms with Crippen molar-refractivity contribution >= 4 is 17.3 Å². The molecule has 0 spiro atoms. The van der Waals surface area contributed by atoms with Crippen LogP contribution in [0.3, 0.4) is 0 Å². The smallest absolute Gasteiger partial charge is 0.345 e. The summed E-state index contributed by atoms with van der Waals surface area (Å²) in [6, 6.07) is 8.72. The van der Waals surface area contributed by atoms with Crippen molar-refractivity contribution in [3.8, 4) is 16.9 Å². The Morgan fingerprint density at radius 1 is 1.32 bits per heavy atom. The van der Waals surface area contributed by atoms with Gasteiger partial charge in [-0.1, -0.05) is 11.3 Å². The van der Waals surface area contributed by atoms with Crippen LogP contribution in [0.5, 0.6) is 10.8 Å². The van der Waals surface area contributed by atoms with Crippen LogP contribution in [0.25, 0.3) is 0 Å². The Morgan fingerprint density at radius 3 is 2.42 bits per heavy atom. The van der Waals surface area contributed by atoms with Crippen LogP contribution in [-0.4, -0.2) is 11.1 Å². The van der Waals surface area contributed by atoms with E-state index in [1.165, 1.54) is 6.07 Å². The van der Waals surface area contributed by atoms with Crippen LogP contribution < -0.4 is 4.74 Å². The Balaban J connectivity index is 2.33. The Labute approximate surface area is 114 Å². The van der Waals surface area contributed by atoms with E-state index < -0.39 is 5.97 Å². The molecule has 96 valence electrons. The molecule has 0 aliphatic heterocycles. The number of nitriles is 1. The summed E-state index contributed by atoms with van der Waals surface area (Å²) < 4.78 is 5.72. The Bertz CT molecular complexity index is 659. The number of carbonyl (C=O) groups is 1. The van der Waals surface area contributed by atoms with E-state index in [4.69, 9.17) is 15.1 Å². The van der Waals surface area contributed by atoms with E-state index in [0.717, 1.165) is 22.5 Å². The maximum absolute atomic E-state index is 10.8. The van der Waals surface area contributed by atoms with Gasteiger partial charge >= 0.3 is 5.97 Å². The lowest BCUT2D eigenvalue weighted by Crippen LogP contribution is -1.91. The molecule has 0 amide bonds. The number of thiophene rings is 1. The molecule has 2 rings (SSSR count). The lowest BCUT2D eigenvalue weighted by Gasteiger charge is -2.10. The topological polar surface area (TPSA) is 70.3 Å². The lowest BCUT2D eigenvalue weighted by molar-refractivity contribution is 0.0702. The highest BCUT2D eigenvalue weighted by Crippen LogP contribution is 2.33. The van der Waals surface area contributed by atoms with Gasteiger partial charge in [-0.3, -0.25) is 0 Å². The largest absolute Gasteiger partial charge is 0.477 e. The van der Waals surface area contributed by atoms with Crippen molar-refractivity contribution in [2.24, 2.45) is 0 Å². The van der Waals surface area contributed by atoms with Crippen LogP contribution in [0.4, 0.5) is 0 Å². The molecule has 4 nitrogen and oxygen atoms in total. The fourth-order valence-corrected chi connectivity index (χ4v) is 2.47. The van der Waals surface area contributed by atoms with Crippen molar-refractivity contribution in [1.82, 2.24) is 0 Å². The number of ether oxygens (including phenoxy) is 1. The van der Waals surface area contributed by atoms with Crippen molar-refractivity contribution < 1.29 is 14.6 Å². The molecular weight excluding hydrogens is 262 g/mol. The average Bonchev–Trinajstić information content (AvgIpc) is 2.82. The van der Waals surface area contributed by atoms with Crippen molar-refractivity contribution in [3.63, 3.8) is 0 Å². The molecule has 0 aliphatic carbocycles.